The normalized spacial score (nSPS) is 9.86. The first kappa shape index (κ1) is 16.8. The maximum Gasteiger partial charge on any atom is 0.315 e. The van der Waals surface area contributed by atoms with Gasteiger partial charge in [-0.2, -0.15) is 0 Å². The molecule has 0 aliphatic heterocycles. The fourth-order valence-electron chi connectivity index (χ4n) is 1.69. The lowest BCUT2D eigenvalue weighted by atomic mass is 10.2. The van der Waals surface area contributed by atoms with Crippen LogP contribution in [0.5, 0.6) is 5.75 Å². The Labute approximate surface area is 125 Å². The molecule has 0 bridgehead atoms. The van der Waals surface area contributed by atoms with E-state index in [9.17, 15) is 9.59 Å². The predicted octanol–water partition coefficient (Wildman–Crippen LogP) is 1.36. The standard InChI is InChI=1S/C15H23N3O3/c1-4-21-13-8-6-5-7-12(13)11-17-15(20)16-10-9-14(19)18(2)3/h5-8H,4,9-11H2,1-3H3,(H2,16,17,20). The zero-order valence-corrected chi connectivity index (χ0v) is 12.8. The topological polar surface area (TPSA) is 70.7 Å². The molecule has 0 saturated carbocycles. The quantitative estimate of drug-likeness (QED) is 0.797. The molecule has 1 rings (SSSR count). The SMILES string of the molecule is CCOc1ccccc1CNC(=O)NCCC(=O)N(C)C. The summed E-state index contributed by atoms with van der Waals surface area (Å²) in [6, 6.07) is 7.26. The molecule has 21 heavy (non-hydrogen) atoms. The molecule has 1 aromatic rings. The van der Waals surface area contributed by atoms with Crippen LogP contribution in [0.3, 0.4) is 0 Å². The van der Waals surface area contributed by atoms with E-state index in [0.717, 1.165) is 11.3 Å². The summed E-state index contributed by atoms with van der Waals surface area (Å²) in [5, 5.41) is 5.40. The van der Waals surface area contributed by atoms with Crippen LogP contribution in [0.4, 0.5) is 4.79 Å². The lowest BCUT2D eigenvalue weighted by Gasteiger charge is -2.12. The predicted molar refractivity (Wildman–Crippen MR) is 81.2 cm³/mol. The number of nitrogens with one attached hydrogen (secondary N) is 2. The Morgan fingerprint density at radius 1 is 1.19 bits per heavy atom. The van der Waals surface area contributed by atoms with E-state index < -0.39 is 0 Å². The van der Waals surface area contributed by atoms with Gasteiger partial charge in [0.25, 0.3) is 0 Å². The van der Waals surface area contributed by atoms with Crippen LogP contribution in [0.1, 0.15) is 18.9 Å². The summed E-state index contributed by atoms with van der Waals surface area (Å²) in [6.07, 6.45) is 0.288. The fourth-order valence-corrected chi connectivity index (χ4v) is 1.69. The van der Waals surface area contributed by atoms with Gasteiger partial charge in [0.05, 0.1) is 6.61 Å². The van der Waals surface area contributed by atoms with E-state index >= 15 is 0 Å². The number of hydrogen-bond acceptors (Lipinski definition) is 3. The average Bonchev–Trinajstić information content (AvgIpc) is 2.46. The van der Waals surface area contributed by atoms with Crippen LogP contribution in [-0.2, 0) is 11.3 Å². The van der Waals surface area contributed by atoms with Crippen molar-refractivity contribution in [3.8, 4) is 5.75 Å². The Morgan fingerprint density at radius 2 is 1.90 bits per heavy atom. The second-order valence-electron chi connectivity index (χ2n) is 4.69. The molecule has 0 unspecified atom stereocenters. The first-order valence-electron chi connectivity index (χ1n) is 6.97. The van der Waals surface area contributed by atoms with E-state index in [1.54, 1.807) is 14.1 Å². The molecular formula is C15H23N3O3. The third-order valence-electron chi connectivity index (χ3n) is 2.84. The van der Waals surface area contributed by atoms with Crippen molar-refractivity contribution in [1.29, 1.82) is 0 Å². The third-order valence-corrected chi connectivity index (χ3v) is 2.84. The lowest BCUT2D eigenvalue weighted by molar-refractivity contribution is -0.128. The summed E-state index contributed by atoms with van der Waals surface area (Å²) in [4.78, 5) is 24.5. The van der Waals surface area contributed by atoms with Crippen LogP contribution in [0.25, 0.3) is 0 Å². The summed E-state index contributed by atoms with van der Waals surface area (Å²) < 4.78 is 5.49. The molecule has 0 aliphatic carbocycles. The molecule has 0 fully saturated rings. The van der Waals surface area contributed by atoms with Gasteiger partial charge in [0.15, 0.2) is 0 Å². The highest BCUT2D eigenvalue weighted by molar-refractivity contribution is 5.77. The Morgan fingerprint density at radius 3 is 2.57 bits per heavy atom. The monoisotopic (exact) mass is 293 g/mol. The molecule has 1 aromatic carbocycles. The van der Waals surface area contributed by atoms with Crippen molar-refractivity contribution in [2.75, 3.05) is 27.2 Å². The third kappa shape index (κ3) is 6.16. The Bertz CT molecular complexity index is 475. The smallest absolute Gasteiger partial charge is 0.315 e. The number of ether oxygens (including phenoxy) is 1. The molecule has 0 aromatic heterocycles. The minimum atomic E-state index is -0.298. The van der Waals surface area contributed by atoms with Crippen molar-refractivity contribution in [1.82, 2.24) is 15.5 Å². The number of benzene rings is 1. The van der Waals surface area contributed by atoms with Crippen molar-refractivity contribution in [2.24, 2.45) is 0 Å². The molecule has 6 nitrogen and oxygen atoms in total. The highest BCUT2D eigenvalue weighted by Crippen LogP contribution is 2.17. The number of hydrogen-bond donors (Lipinski definition) is 2. The number of carbonyl (C=O) groups is 2. The van der Waals surface area contributed by atoms with Crippen molar-refractivity contribution < 1.29 is 14.3 Å². The Hall–Kier alpha value is -2.24. The second kappa shape index (κ2) is 8.84. The maximum atomic E-state index is 11.6. The van der Waals surface area contributed by atoms with Crippen molar-refractivity contribution in [2.45, 2.75) is 19.9 Å². The van der Waals surface area contributed by atoms with Gasteiger partial charge in [-0.05, 0) is 13.0 Å². The van der Waals surface area contributed by atoms with E-state index in [2.05, 4.69) is 10.6 Å². The van der Waals surface area contributed by atoms with Gasteiger partial charge in [0.1, 0.15) is 5.75 Å². The summed E-state index contributed by atoms with van der Waals surface area (Å²) >= 11 is 0. The highest BCUT2D eigenvalue weighted by atomic mass is 16.5. The number of para-hydroxylation sites is 1. The molecule has 2 N–H and O–H groups in total. The van der Waals surface area contributed by atoms with E-state index in [4.69, 9.17) is 4.74 Å². The molecule has 6 heteroatoms. The zero-order chi connectivity index (χ0) is 15.7. The van der Waals surface area contributed by atoms with Crippen molar-refractivity contribution in [3.05, 3.63) is 29.8 Å². The number of nitrogens with zero attached hydrogens (tertiary/aromatic N) is 1. The maximum absolute atomic E-state index is 11.6. The summed E-state index contributed by atoms with van der Waals surface area (Å²) in [5.41, 5.74) is 0.916. The zero-order valence-electron chi connectivity index (χ0n) is 12.8. The molecule has 0 atom stereocenters. The largest absolute Gasteiger partial charge is 0.494 e. The first-order chi connectivity index (χ1) is 10.0. The number of rotatable bonds is 7. The lowest BCUT2D eigenvalue weighted by Crippen LogP contribution is -2.37. The molecular weight excluding hydrogens is 270 g/mol. The summed E-state index contributed by atoms with van der Waals surface area (Å²) in [5.74, 6) is 0.750. The van der Waals surface area contributed by atoms with E-state index in [1.165, 1.54) is 4.90 Å². The van der Waals surface area contributed by atoms with Crippen LogP contribution >= 0.6 is 0 Å². The van der Waals surface area contributed by atoms with Crippen LogP contribution in [-0.4, -0.2) is 44.1 Å². The first-order valence-corrected chi connectivity index (χ1v) is 6.97. The molecule has 0 heterocycles. The van der Waals surface area contributed by atoms with E-state index in [-0.39, 0.29) is 18.4 Å². The number of amides is 3. The molecule has 0 aliphatic rings. The van der Waals surface area contributed by atoms with Gasteiger partial charge >= 0.3 is 6.03 Å². The van der Waals surface area contributed by atoms with Crippen LogP contribution in [0, 0.1) is 0 Å². The summed E-state index contributed by atoms with van der Waals surface area (Å²) in [6.45, 7) is 3.19. The van der Waals surface area contributed by atoms with Crippen LogP contribution in [0.15, 0.2) is 24.3 Å². The molecule has 0 spiro atoms. The van der Waals surface area contributed by atoms with Gasteiger partial charge in [0, 0.05) is 39.2 Å². The number of carbonyl (C=O) groups excluding carboxylic acids is 2. The van der Waals surface area contributed by atoms with Gasteiger partial charge < -0.3 is 20.3 Å². The van der Waals surface area contributed by atoms with Crippen LogP contribution in [0.2, 0.25) is 0 Å². The highest BCUT2D eigenvalue weighted by Gasteiger charge is 2.07. The minimum Gasteiger partial charge on any atom is -0.494 e. The minimum absolute atomic E-state index is 0.0167. The van der Waals surface area contributed by atoms with Crippen LogP contribution < -0.4 is 15.4 Å². The molecule has 0 saturated heterocycles. The Kier molecular flexibility index (Phi) is 7.08. The van der Waals surface area contributed by atoms with E-state index in [1.807, 2.05) is 31.2 Å². The molecule has 116 valence electrons. The van der Waals surface area contributed by atoms with Crippen molar-refractivity contribution in [3.63, 3.8) is 0 Å². The van der Waals surface area contributed by atoms with Crippen molar-refractivity contribution >= 4 is 11.9 Å². The molecule has 3 amide bonds. The van der Waals surface area contributed by atoms with Gasteiger partial charge in [-0.15, -0.1) is 0 Å². The van der Waals surface area contributed by atoms with Gasteiger partial charge in [-0.25, -0.2) is 4.79 Å². The van der Waals surface area contributed by atoms with Gasteiger partial charge in [-0.1, -0.05) is 18.2 Å². The average molecular weight is 293 g/mol. The van der Waals surface area contributed by atoms with Gasteiger partial charge in [-0.3, -0.25) is 4.79 Å². The van der Waals surface area contributed by atoms with E-state index in [0.29, 0.717) is 19.7 Å². The number of urea groups is 1. The molecule has 0 radical (unpaired) electrons. The van der Waals surface area contributed by atoms with Gasteiger partial charge in [0.2, 0.25) is 5.91 Å². The second-order valence-corrected chi connectivity index (χ2v) is 4.69. The fraction of sp³-hybridized carbons (Fsp3) is 0.467. The summed E-state index contributed by atoms with van der Waals surface area (Å²) in [7, 11) is 3.38. The Balaban J connectivity index is 2.35.